The van der Waals surface area contributed by atoms with Crippen LogP contribution in [0.2, 0.25) is 10.0 Å². The molecule has 166 valence electrons. The Labute approximate surface area is 201 Å². The number of carbonyl (C=O) groups is 1. The highest BCUT2D eigenvalue weighted by molar-refractivity contribution is 6.36. The number of nitrogens with one attached hydrogen (secondary N) is 1. The second-order valence-corrected chi connectivity index (χ2v) is 7.97. The number of methoxy groups -OCH3 is 1. The highest BCUT2D eigenvalue weighted by atomic mass is 35.5. The van der Waals surface area contributed by atoms with Crippen molar-refractivity contribution in [3.8, 4) is 17.0 Å². The summed E-state index contributed by atoms with van der Waals surface area (Å²) in [6.45, 7) is 0.0722. The third kappa shape index (κ3) is 5.80. The number of rotatable bonds is 7. The van der Waals surface area contributed by atoms with E-state index in [1.165, 1.54) is 0 Å². The predicted octanol–water partition coefficient (Wildman–Crippen LogP) is 6.07. The van der Waals surface area contributed by atoms with Gasteiger partial charge < -0.3 is 14.6 Å². The molecule has 4 rings (SSSR count). The van der Waals surface area contributed by atoms with Crippen LogP contribution in [0.5, 0.6) is 5.75 Å². The predicted molar refractivity (Wildman–Crippen MR) is 132 cm³/mol. The molecule has 0 fully saturated rings. The van der Waals surface area contributed by atoms with Gasteiger partial charge in [-0.3, -0.25) is 9.78 Å². The number of aromatic nitrogens is 3. The molecule has 0 atom stereocenters. The molecule has 0 saturated heterocycles. The lowest BCUT2D eigenvalue weighted by Crippen LogP contribution is -2.19. The maximum Gasteiger partial charge on any atom is 0.244 e. The van der Waals surface area contributed by atoms with E-state index in [0.717, 1.165) is 16.9 Å². The molecule has 0 unspecified atom stereocenters. The minimum Gasteiger partial charge on any atom is -0.497 e. The summed E-state index contributed by atoms with van der Waals surface area (Å²) >= 11 is 12.4. The number of imidazole rings is 1. The Morgan fingerprint density at radius 3 is 2.52 bits per heavy atom. The van der Waals surface area contributed by atoms with Gasteiger partial charge in [0.05, 0.1) is 17.8 Å². The van der Waals surface area contributed by atoms with Crippen LogP contribution >= 0.6 is 23.2 Å². The molecule has 0 aliphatic heterocycles. The quantitative estimate of drug-likeness (QED) is 0.349. The smallest absolute Gasteiger partial charge is 0.244 e. The fraction of sp³-hybridized carbons (Fsp3) is 0.0800. The molecule has 1 N–H and O–H groups in total. The number of hydrogen-bond acceptors (Lipinski definition) is 4. The fourth-order valence-electron chi connectivity index (χ4n) is 3.19. The van der Waals surface area contributed by atoms with E-state index < -0.39 is 0 Å². The van der Waals surface area contributed by atoms with Crippen LogP contribution in [0.3, 0.4) is 0 Å². The van der Waals surface area contributed by atoms with Crippen molar-refractivity contribution in [1.29, 1.82) is 0 Å². The lowest BCUT2D eigenvalue weighted by molar-refractivity contribution is -0.116. The Kier molecular flexibility index (Phi) is 7.07. The molecule has 0 saturated carbocycles. The average Bonchev–Trinajstić information content (AvgIpc) is 3.20. The monoisotopic (exact) mass is 478 g/mol. The first-order valence-corrected chi connectivity index (χ1v) is 10.8. The van der Waals surface area contributed by atoms with Crippen molar-refractivity contribution in [3.63, 3.8) is 0 Å². The van der Waals surface area contributed by atoms with Crippen LogP contribution in [-0.2, 0) is 11.3 Å². The first kappa shape index (κ1) is 22.6. The molecular formula is C25H20Cl2N4O2. The van der Waals surface area contributed by atoms with E-state index in [-0.39, 0.29) is 12.5 Å². The van der Waals surface area contributed by atoms with E-state index in [0.29, 0.717) is 27.3 Å². The van der Waals surface area contributed by atoms with E-state index >= 15 is 0 Å². The summed E-state index contributed by atoms with van der Waals surface area (Å²) in [6, 6.07) is 16.3. The Morgan fingerprint density at radius 2 is 1.82 bits per heavy atom. The van der Waals surface area contributed by atoms with Crippen molar-refractivity contribution in [3.05, 3.63) is 94.6 Å². The van der Waals surface area contributed by atoms with E-state index in [1.54, 1.807) is 54.5 Å². The number of pyridine rings is 1. The van der Waals surface area contributed by atoms with Crippen molar-refractivity contribution in [2.45, 2.75) is 6.54 Å². The van der Waals surface area contributed by atoms with E-state index in [1.807, 2.05) is 42.5 Å². The summed E-state index contributed by atoms with van der Waals surface area (Å²) in [4.78, 5) is 21.3. The number of anilines is 1. The summed E-state index contributed by atoms with van der Waals surface area (Å²) in [7, 11) is 1.63. The number of carbonyl (C=O) groups excluding carboxylic acids is 1. The second kappa shape index (κ2) is 10.3. The number of halogens is 2. The standard InChI is InChI=1S/C25H20Cl2N4O2/c1-33-20-6-2-17(3-7-20)4-9-24-30-23(21-8-5-18(26)14-22(21)27)15-31(24)16-25(32)29-19-10-12-28-13-11-19/h2-15H,16H2,1H3,(H,28,29,32). The lowest BCUT2D eigenvalue weighted by Gasteiger charge is -2.07. The summed E-state index contributed by atoms with van der Waals surface area (Å²) in [5.41, 5.74) is 3.01. The molecular weight excluding hydrogens is 459 g/mol. The molecule has 0 spiro atoms. The molecule has 2 aromatic heterocycles. The fourth-order valence-corrected chi connectivity index (χ4v) is 3.70. The molecule has 8 heteroatoms. The Bertz CT molecular complexity index is 1290. The topological polar surface area (TPSA) is 69.0 Å². The molecule has 33 heavy (non-hydrogen) atoms. The van der Waals surface area contributed by atoms with Gasteiger partial charge in [-0.15, -0.1) is 0 Å². The Balaban J connectivity index is 1.64. The zero-order chi connectivity index (χ0) is 23.2. The molecule has 0 aliphatic carbocycles. The lowest BCUT2D eigenvalue weighted by atomic mass is 10.2. The van der Waals surface area contributed by atoms with Crippen molar-refractivity contribution in [2.24, 2.45) is 0 Å². The Morgan fingerprint density at radius 1 is 1.06 bits per heavy atom. The number of benzene rings is 2. The second-order valence-electron chi connectivity index (χ2n) is 7.13. The highest BCUT2D eigenvalue weighted by Gasteiger charge is 2.14. The number of amides is 1. The molecule has 0 bridgehead atoms. The van der Waals surface area contributed by atoms with Crippen molar-refractivity contribution >= 4 is 46.9 Å². The molecule has 1 amide bonds. The van der Waals surface area contributed by atoms with Gasteiger partial charge in [0.2, 0.25) is 5.91 Å². The minimum atomic E-state index is -0.188. The van der Waals surface area contributed by atoms with Crippen molar-refractivity contribution in [2.75, 3.05) is 12.4 Å². The molecule has 2 aromatic carbocycles. The summed E-state index contributed by atoms with van der Waals surface area (Å²) in [5, 5.41) is 3.89. The van der Waals surface area contributed by atoms with Gasteiger partial charge in [-0.1, -0.05) is 41.4 Å². The number of ether oxygens (including phenoxy) is 1. The average molecular weight is 479 g/mol. The minimum absolute atomic E-state index is 0.0722. The van der Waals surface area contributed by atoms with Crippen molar-refractivity contribution in [1.82, 2.24) is 14.5 Å². The van der Waals surface area contributed by atoms with Crippen LogP contribution in [0.25, 0.3) is 23.4 Å². The van der Waals surface area contributed by atoms with Gasteiger partial charge in [-0.05, 0) is 54.1 Å². The first-order chi connectivity index (χ1) is 16.0. The van der Waals surface area contributed by atoms with Crippen molar-refractivity contribution < 1.29 is 9.53 Å². The first-order valence-electron chi connectivity index (χ1n) is 10.1. The van der Waals surface area contributed by atoms with Crippen LogP contribution in [0.4, 0.5) is 5.69 Å². The molecule has 0 radical (unpaired) electrons. The van der Waals surface area contributed by atoms with E-state index in [4.69, 9.17) is 32.9 Å². The van der Waals surface area contributed by atoms with E-state index in [9.17, 15) is 4.79 Å². The molecule has 2 heterocycles. The Hall–Kier alpha value is -3.61. The van der Waals surface area contributed by atoms with Crippen LogP contribution < -0.4 is 10.1 Å². The van der Waals surface area contributed by atoms with Crippen LogP contribution in [-0.4, -0.2) is 27.6 Å². The van der Waals surface area contributed by atoms with Crippen LogP contribution in [0, 0.1) is 0 Å². The van der Waals surface area contributed by atoms with Crippen LogP contribution in [0.15, 0.2) is 73.2 Å². The number of hydrogen-bond donors (Lipinski definition) is 1. The highest BCUT2D eigenvalue weighted by Crippen LogP contribution is 2.30. The van der Waals surface area contributed by atoms with Crippen LogP contribution in [0.1, 0.15) is 11.4 Å². The van der Waals surface area contributed by atoms with Gasteiger partial charge in [0, 0.05) is 34.9 Å². The summed E-state index contributed by atoms with van der Waals surface area (Å²) in [5.74, 6) is 1.20. The molecule has 0 aliphatic rings. The SMILES string of the molecule is COc1ccc(C=Cc2nc(-c3ccc(Cl)cc3Cl)cn2CC(=O)Nc2ccncc2)cc1. The van der Waals surface area contributed by atoms with Gasteiger partial charge in [-0.2, -0.15) is 0 Å². The van der Waals surface area contributed by atoms with Gasteiger partial charge in [0.15, 0.2) is 0 Å². The van der Waals surface area contributed by atoms with Gasteiger partial charge in [0.25, 0.3) is 0 Å². The maximum atomic E-state index is 12.7. The molecule has 6 nitrogen and oxygen atoms in total. The summed E-state index contributed by atoms with van der Waals surface area (Å²) < 4.78 is 6.98. The van der Waals surface area contributed by atoms with E-state index in [2.05, 4.69) is 10.3 Å². The third-order valence-electron chi connectivity index (χ3n) is 4.83. The third-order valence-corrected chi connectivity index (χ3v) is 5.38. The zero-order valence-electron chi connectivity index (χ0n) is 17.7. The zero-order valence-corrected chi connectivity index (χ0v) is 19.2. The van der Waals surface area contributed by atoms with Gasteiger partial charge in [-0.25, -0.2) is 4.98 Å². The number of nitrogens with zero attached hydrogens (tertiary/aromatic N) is 3. The van der Waals surface area contributed by atoms with Gasteiger partial charge >= 0.3 is 0 Å². The molecule has 4 aromatic rings. The normalized spacial score (nSPS) is 11.0. The van der Waals surface area contributed by atoms with Gasteiger partial charge in [0.1, 0.15) is 18.1 Å². The largest absolute Gasteiger partial charge is 0.497 e. The summed E-state index contributed by atoms with van der Waals surface area (Å²) in [6.07, 6.45) is 8.82. The maximum absolute atomic E-state index is 12.7.